The molecule has 0 aromatic carbocycles. The molecule has 0 amide bonds. The molecule has 1 N–H and O–H groups in total. The van der Waals surface area contributed by atoms with Gasteiger partial charge in [0.2, 0.25) is 0 Å². The maximum absolute atomic E-state index is 10.1. The zero-order chi connectivity index (χ0) is 11.5. The lowest BCUT2D eigenvalue weighted by Gasteiger charge is -2.11. The van der Waals surface area contributed by atoms with Gasteiger partial charge in [-0.15, -0.1) is 0 Å². The van der Waals surface area contributed by atoms with Crippen molar-refractivity contribution in [1.29, 1.82) is 0 Å². The number of hydrogen-bond acceptors (Lipinski definition) is 4. The quantitative estimate of drug-likeness (QED) is 0.833. The summed E-state index contributed by atoms with van der Waals surface area (Å²) in [4.78, 5) is 4.00. The van der Waals surface area contributed by atoms with Gasteiger partial charge in [0.1, 0.15) is 11.9 Å². The molecule has 0 fully saturated rings. The minimum atomic E-state index is -0.741. The van der Waals surface area contributed by atoms with Crippen LogP contribution in [0.25, 0.3) is 0 Å². The Hall–Kier alpha value is -1.88. The highest BCUT2D eigenvalue weighted by molar-refractivity contribution is 5.29. The summed E-state index contributed by atoms with van der Waals surface area (Å²) in [5.41, 5.74) is 1.40. The first-order chi connectivity index (χ1) is 7.72. The topological polar surface area (TPSA) is 60.2 Å². The van der Waals surface area contributed by atoms with Crippen LogP contribution in [0.4, 0.5) is 0 Å². The Labute approximate surface area is 93.3 Å². The summed E-state index contributed by atoms with van der Waals surface area (Å²) in [6.07, 6.45) is 4.11. The molecule has 5 nitrogen and oxygen atoms in total. The van der Waals surface area contributed by atoms with E-state index in [0.29, 0.717) is 11.3 Å². The molecule has 5 heteroatoms. The Balaban J connectivity index is 2.33. The number of ether oxygens (including phenoxy) is 1. The van der Waals surface area contributed by atoms with Gasteiger partial charge in [-0.1, -0.05) is 0 Å². The van der Waals surface area contributed by atoms with E-state index in [9.17, 15) is 5.11 Å². The molecule has 0 aliphatic carbocycles. The Morgan fingerprint density at radius 3 is 2.88 bits per heavy atom. The van der Waals surface area contributed by atoms with E-state index in [0.717, 1.165) is 5.69 Å². The first-order valence-corrected chi connectivity index (χ1v) is 4.87. The summed E-state index contributed by atoms with van der Waals surface area (Å²) in [6.45, 7) is 0. The second kappa shape index (κ2) is 4.32. The van der Waals surface area contributed by atoms with Crippen molar-refractivity contribution in [3.05, 3.63) is 42.0 Å². The van der Waals surface area contributed by atoms with Crippen LogP contribution in [0.2, 0.25) is 0 Å². The molecule has 2 rings (SSSR count). The van der Waals surface area contributed by atoms with Gasteiger partial charge in [-0.05, 0) is 12.1 Å². The molecular formula is C11H13N3O2. The molecule has 1 atom stereocenters. The Bertz CT molecular complexity index is 482. The van der Waals surface area contributed by atoms with E-state index in [1.54, 1.807) is 49.6 Å². The fourth-order valence-electron chi connectivity index (χ4n) is 1.52. The summed E-state index contributed by atoms with van der Waals surface area (Å²) >= 11 is 0. The zero-order valence-corrected chi connectivity index (χ0v) is 9.16. The number of aliphatic hydroxyl groups excluding tert-OH is 1. The van der Waals surface area contributed by atoms with Crippen LogP contribution < -0.4 is 4.74 Å². The van der Waals surface area contributed by atoms with Crippen molar-refractivity contribution in [2.45, 2.75) is 6.10 Å². The SMILES string of the molecule is COc1cncc(C(O)c2ccnn2C)c1. The lowest BCUT2D eigenvalue weighted by Crippen LogP contribution is -2.07. The van der Waals surface area contributed by atoms with E-state index in [2.05, 4.69) is 10.1 Å². The molecule has 2 aromatic heterocycles. The molecule has 16 heavy (non-hydrogen) atoms. The maximum Gasteiger partial charge on any atom is 0.137 e. The minimum absolute atomic E-state index is 0.624. The fraction of sp³-hybridized carbons (Fsp3) is 0.273. The van der Waals surface area contributed by atoms with Crippen LogP contribution in [0.15, 0.2) is 30.7 Å². The molecule has 0 saturated carbocycles. The number of aliphatic hydroxyl groups is 1. The molecule has 0 saturated heterocycles. The first kappa shape index (κ1) is 10.6. The van der Waals surface area contributed by atoms with Crippen LogP contribution in [-0.2, 0) is 7.05 Å². The molecule has 0 bridgehead atoms. The van der Waals surface area contributed by atoms with Crippen molar-refractivity contribution < 1.29 is 9.84 Å². The predicted octanol–water partition coefficient (Wildman–Crippen LogP) is 0.905. The van der Waals surface area contributed by atoms with Gasteiger partial charge >= 0.3 is 0 Å². The summed E-state index contributed by atoms with van der Waals surface area (Å²) in [5, 5.41) is 14.1. The molecule has 2 heterocycles. The van der Waals surface area contributed by atoms with E-state index < -0.39 is 6.10 Å². The largest absolute Gasteiger partial charge is 0.495 e. The Kier molecular flexibility index (Phi) is 2.87. The molecule has 84 valence electrons. The average Bonchev–Trinajstić information content (AvgIpc) is 2.74. The van der Waals surface area contributed by atoms with Crippen LogP contribution in [-0.4, -0.2) is 27.0 Å². The first-order valence-electron chi connectivity index (χ1n) is 4.87. The van der Waals surface area contributed by atoms with Gasteiger partial charge in [0.25, 0.3) is 0 Å². The smallest absolute Gasteiger partial charge is 0.137 e. The third kappa shape index (κ3) is 1.90. The normalized spacial score (nSPS) is 12.4. The Morgan fingerprint density at radius 1 is 1.44 bits per heavy atom. The van der Waals surface area contributed by atoms with Crippen molar-refractivity contribution in [3.63, 3.8) is 0 Å². The van der Waals surface area contributed by atoms with Gasteiger partial charge in [-0.25, -0.2) is 0 Å². The van der Waals surface area contributed by atoms with Gasteiger partial charge in [-0.2, -0.15) is 5.10 Å². The van der Waals surface area contributed by atoms with Crippen LogP contribution in [0.5, 0.6) is 5.75 Å². The van der Waals surface area contributed by atoms with Crippen molar-refractivity contribution in [2.24, 2.45) is 7.05 Å². The predicted molar refractivity (Wildman–Crippen MR) is 58.1 cm³/mol. The van der Waals surface area contributed by atoms with E-state index in [1.165, 1.54) is 0 Å². The van der Waals surface area contributed by atoms with Gasteiger partial charge in [0.05, 0.1) is 19.0 Å². The number of pyridine rings is 1. The highest BCUT2D eigenvalue weighted by Gasteiger charge is 2.14. The van der Waals surface area contributed by atoms with Crippen LogP contribution >= 0.6 is 0 Å². The average molecular weight is 219 g/mol. The summed E-state index contributed by atoms with van der Waals surface area (Å²) in [7, 11) is 3.35. The summed E-state index contributed by atoms with van der Waals surface area (Å²) < 4.78 is 6.69. The second-order valence-corrected chi connectivity index (χ2v) is 3.44. The molecular weight excluding hydrogens is 206 g/mol. The molecule has 0 aliphatic rings. The van der Waals surface area contributed by atoms with Gasteiger partial charge in [0, 0.05) is 25.0 Å². The molecule has 0 radical (unpaired) electrons. The van der Waals surface area contributed by atoms with Gasteiger partial charge < -0.3 is 9.84 Å². The van der Waals surface area contributed by atoms with Crippen molar-refractivity contribution in [1.82, 2.24) is 14.8 Å². The lowest BCUT2D eigenvalue weighted by molar-refractivity contribution is 0.209. The monoisotopic (exact) mass is 219 g/mol. The number of aromatic nitrogens is 3. The van der Waals surface area contributed by atoms with E-state index in [1.807, 2.05) is 0 Å². The van der Waals surface area contributed by atoms with Crippen LogP contribution in [0.1, 0.15) is 17.4 Å². The molecule has 1 unspecified atom stereocenters. The molecule has 0 spiro atoms. The number of nitrogens with zero attached hydrogens (tertiary/aromatic N) is 3. The number of rotatable bonds is 3. The highest BCUT2D eigenvalue weighted by atomic mass is 16.5. The van der Waals surface area contributed by atoms with Crippen molar-refractivity contribution >= 4 is 0 Å². The standard InChI is InChI=1S/C11H13N3O2/c1-14-10(3-4-13-14)11(15)8-5-9(16-2)7-12-6-8/h3-7,11,15H,1-2H3. The third-order valence-electron chi connectivity index (χ3n) is 2.42. The second-order valence-electron chi connectivity index (χ2n) is 3.44. The molecule has 2 aromatic rings. The van der Waals surface area contributed by atoms with Gasteiger partial charge in [-0.3, -0.25) is 9.67 Å². The van der Waals surface area contributed by atoms with E-state index in [4.69, 9.17) is 4.74 Å². The Morgan fingerprint density at radius 2 is 2.25 bits per heavy atom. The zero-order valence-electron chi connectivity index (χ0n) is 9.16. The van der Waals surface area contributed by atoms with Crippen LogP contribution in [0, 0.1) is 0 Å². The number of hydrogen-bond donors (Lipinski definition) is 1. The number of methoxy groups -OCH3 is 1. The van der Waals surface area contributed by atoms with E-state index in [-0.39, 0.29) is 0 Å². The fourth-order valence-corrected chi connectivity index (χ4v) is 1.52. The van der Waals surface area contributed by atoms with E-state index >= 15 is 0 Å². The van der Waals surface area contributed by atoms with Gasteiger partial charge in [0.15, 0.2) is 0 Å². The summed E-state index contributed by atoms with van der Waals surface area (Å²) in [6, 6.07) is 3.52. The van der Waals surface area contributed by atoms with Crippen molar-refractivity contribution in [3.8, 4) is 5.75 Å². The maximum atomic E-state index is 10.1. The van der Waals surface area contributed by atoms with Crippen LogP contribution in [0.3, 0.4) is 0 Å². The summed E-state index contributed by atoms with van der Waals surface area (Å²) in [5.74, 6) is 0.624. The minimum Gasteiger partial charge on any atom is -0.495 e. The number of aryl methyl sites for hydroxylation is 1. The highest BCUT2D eigenvalue weighted by Crippen LogP contribution is 2.23. The molecule has 0 aliphatic heterocycles. The lowest BCUT2D eigenvalue weighted by atomic mass is 10.1. The van der Waals surface area contributed by atoms with Crippen molar-refractivity contribution in [2.75, 3.05) is 7.11 Å². The third-order valence-corrected chi connectivity index (χ3v) is 2.42.